The highest BCUT2D eigenvalue weighted by molar-refractivity contribution is 5.97. The number of fused-ring (bicyclic) bond motifs is 2. The third-order valence-corrected chi connectivity index (χ3v) is 5.83. The molecule has 166 valence electrons. The van der Waals surface area contributed by atoms with Crippen LogP contribution in [0.15, 0.2) is 53.2 Å². The highest BCUT2D eigenvalue weighted by Gasteiger charge is 2.25. The largest absolute Gasteiger partial charge is 0.441 e. The van der Waals surface area contributed by atoms with Crippen LogP contribution in [0.25, 0.3) is 11.1 Å². The zero-order valence-corrected chi connectivity index (χ0v) is 18.4. The SMILES string of the molecule is Cc1ccc2c(c1)CC[C@@H]2NC(=O)c1cc(C(=O)NCc2ccc3oc(C)nc3c2)ncn1. The first kappa shape index (κ1) is 20.8. The van der Waals surface area contributed by atoms with Crippen molar-refractivity contribution in [1.82, 2.24) is 25.6 Å². The number of carbonyl (C=O) groups is 2. The standard InChI is InChI=1S/C25H23N5O3/c1-14-3-6-18-17(9-14)5-7-19(18)30-25(32)22-11-21(27-13-28-22)24(31)26-12-16-4-8-23-20(10-16)29-15(2)33-23/h3-4,6,8-11,13,19H,5,7,12H2,1-2H3,(H,26,31)(H,30,32)/t19-/m0/s1. The summed E-state index contributed by atoms with van der Waals surface area (Å²) in [4.78, 5) is 37.8. The van der Waals surface area contributed by atoms with Gasteiger partial charge in [-0.15, -0.1) is 0 Å². The molecule has 0 radical (unpaired) electrons. The van der Waals surface area contributed by atoms with Crippen LogP contribution in [-0.4, -0.2) is 26.8 Å². The van der Waals surface area contributed by atoms with E-state index < -0.39 is 0 Å². The molecular weight excluding hydrogens is 418 g/mol. The molecular formula is C25H23N5O3. The van der Waals surface area contributed by atoms with Crippen LogP contribution in [0.2, 0.25) is 0 Å². The lowest BCUT2D eigenvalue weighted by Crippen LogP contribution is -2.29. The minimum Gasteiger partial charge on any atom is -0.441 e. The molecule has 2 aromatic heterocycles. The fourth-order valence-corrected chi connectivity index (χ4v) is 4.21. The molecule has 1 aliphatic rings. The van der Waals surface area contributed by atoms with Crippen molar-refractivity contribution in [3.05, 3.63) is 88.3 Å². The number of nitrogens with one attached hydrogen (secondary N) is 2. The van der Waals surface area contributed by atoms with E-state index in [-0.39, 0.29) is 29.2 Å². The molecule has 0 saturated carbocycles. The average Bonchev–Trinajstić information content (AvgIpc) is 3.38. The molecule has 0 saturated heterocycles. The van der Waals surface area contributed by atoms with Gasteiger partial charge in [0.2, 0.25) is 0 Å². The van der Waals surface area contributed by atoms with Gasteiger partial charge in [0.15, 0.2) is 11.5 Å². The van der Waals surface area contributed by atoms with E-state index in [2.05, 4.69) is 50.7 Å². The second-order valence-electron chi connectivity index (χ2n) is 8.27. The molecule has 8 heteroatoms. The maximum absolute atomic E-state index is 12.8. The maximum Gasteiger partial charge on any atom is 0.270 e. The molecule has 33 heavy (non-hydrogen) atoms. The fourth-order valence-electron chi connectivity index (χ4n) is 4.21. The lowest BCUT2D eigenvalue weighted by molar-refractivity contribution is 0.0931. The van der Waals surface area contributed by atoms with Crippen LogP contribution in [0.1, 0.15) is 61.6 Å². The molecule has 0 fully saturated rings. The van der Waals surface area contributed by atoms with Crippen molar-refractivity contribution >= 4 is 22.9 Å². The Bertz CT molecular complexity index is 1380. The van der Waals surface area contributed by atoms with Crippen molar-refractivity contribution in [2.24, 2.45) is 0 Å². The van der Waals surface area contributed by atoms with Crippen LogP contribution in [0, 0.1) is 13.8 Å². The van der Waals surface area contributed by atoms with Crippen LogP contribution in [0.4, 0.5) is 0 Å². The van der Waals surface area contributed by atoms with Gasteiger partial charge < -0.3 is 15.1 Å². The number of aromatic nitrogens is 3. The number of amides is 2. The van der Waals surface area contributed by atoms with Crippen LogP contribution in [0.5, 0.6) is 0 Å². The summed E-state index contributed by atoms with van der Waals surface area (Å²) in [5.41, 5.74) is 6.24. The summed E-state index contributed by atoms with van der Waals surface area (Å²) in [6.07, 6.45) is 3.01. The highest BCUT2D eigenvalue weighted by atomic mass is 16.3. The topological polar surface area (TPSA) is 110 Å². The minimum atomic E-state index is -0.385. The Hall–Kier alpha value is -4.07. The summed E-state index contributed by atoms with van der Waals surface area (Å²) in [7, 11) is 0. The molecule has 5 rings (SSSR count). The van der Waals surface area contributed by atoms with Gasteiger partial charge in [0.05, 0.1) is 6.04 Å². The van der Waals surface area contributed by atoms with Crippen molar-refractivity contribution in [2.45, 2.75) is 39.3 Å². The molecule has 0 bridgehead atoms. The normalized spacial score (nSPS) is 14.8. The van der Waals surface area contributed by atoms with Crippen molar-refractivity contribution in [1.29, 1.82) is 0 Å². The predicted octanol–water partition coefficient (Wildman–Crippen LogP) is 3.58. The van der Waals surface area contributed by atoms with Gasteiger partial charge in [-0.25, -0.2) is 15.0 Å². The zero-order chi connectivity index (χ0) is 22.9. The molecule has 0 spiro atoms. The Labute approximate surface area is 190 Å². The van der Waals surface area contributed by atoms with E-state index in [1.807, 2.05) is 18.2 Å². The first-order valence-electron chi connectivity index (χ1n) is 10.8. The van der Waals surface area contributed by atoms with E-state index in [1.54, 1.807) is 6.92 Å². The fraction of sp³-hybridized carbons (Fsp3) is 0.240. The monoisotopic (exact) mass is 441 g/mol. The number of nitrogens with zero attached hydrogens (tertiary/aromatic N) is 3. The van der Waals surface area contributed by atoms with Crippen LogP contribution < -0.4 is 10.6 Å². The number of rotatable bonds is 5. The second-order valence-corrected chi connectivity index (χ2v) is 8.27. The quantitative estimate of drug-likeness (QED) is 0.490. The minimum absolute atomic E-state index is 0.0598. The van der Waals surface area contributed by atoms with Gasteiger partial charge in [-0.1, -0.05) is 29.8 Å². The molecule has 2 aromatic carbocycles. The number of aryl methyl sites for hydroxylation is 3. The Kier molecular flexibility index (Phi) is 5.34. The Balaban J connectivity index is 1.24. The first-order chi connectivity index (χ1) is 16.0. The van der Waals surface area contributed by atoms with E-state index in [4.69, 9.17) is 4.42 Å². The molecule has 2 N–H and O–H groups in total. The van der Waals surface area contributed by atoms with Gasteiger partial charge in [-0.3, -0.25) is 9.59 Å². The van der Waals surface area contributed by atoms with Gasteiger partial charge in [-0.05, 0) is 48.6 Å². The Morgan fingerprint density at radius 1 is 1.03 bits per heavy atom. The van der Waals surface area contributed by atoms with Gasteiger partial charge in [0, 0.05) is 19.5 Å². The van der Waals surface area contributed by atoms with Gasteiger partial charge in [-0.2, -0.15) is 0 Å². The first-order valence-corrected chi connectivity index (χ1v) is 10.8. The van der Waals surface area contributed by atoms with Crippen LogP contribution in [-0.2, 0) is 13.0 Å². The summed E-state index contributed by atoms with van der Waals surface area (Å²) in [6.45, 7) is 4.15. The van der Waals surface area contributed by atoms with Crippen molar-refractivity contribution in [3.8, 4) is 0 Å². The van der Waals surface area contributed by atoms with E-state index in [1.165, 1.54) is 23.5 Å². The molecule has 1 atom stereocenters. The third kappa shape index (κ3) is 4.32. The van der Waals surface area contributed by atoms with E-state index in [9.17, 15) is 9.59 Å². The van der Waals surface area contributed by atoms with E-state index in [0.717, 1.165) is 29.5 Å². The molecule has 0 unspecified atom stereocenters. The van der Waals surface area contributed by atoms with Crippen molar-refractivity contribution in [3.63, 3.8) is 0 Å². The predicted molar refractivity (Wildman–Crippen MR) is 122 cm³/mol. The highest BCUT2D eigenvalue weighted by Crippen LogP contribution is 2.31. The Morgan fingerprint density at radius 3 is 2.70 bits per heavy atom. The molecule has 0 aliphatic heterocycles. The summed E-state index contributed by atoms with van der Waals surface area (Å²) < 4.78 is 5.47. The molecule has 4 aromatic rings. The van der Waals surface area contributed by atoms with Gasteiger partial charge in [0.1, 0.15) is 23.2 Å². The van der Waals surface area contributed by atoms with Crippen molar-refractivity contribution in [2.75, 3.05) is 0 Å². The zero-order valence-electron chi connectivity index (χ0n) is 18.4. The molecule has 2 heterocycles. The smallest absolute Gasteiger partial charge is 0.270 e. The number of carbonyl (C=O) groups excluding carboxylic acids is 2. The van der Waals surface area contributed by atoms with E-state index >= 15 is 0 Å². The van der Waals surface area contributed by atoms with Crippen molar-refractivity contribution < 1.29 is 14.0 Å². The molecule has 1 aliphatic carbocycles. The lowest BCUT2D eigenvalue weighted by Gasteiger charge is -2.14. The van der Waals surface area contributed by atoms with E-state index in [0.29, 0.717) is 18.0 Å². The van der Waals surface area contributed by atoms with Gasteiger partial charge in [0.25, 0.3) is 11.8 Å². The molecule has 2 amide bonds. The van der Waals surface area contributed by atoms with Gasteiger partial charge >= 0.3 is 0 Å². The number of oxazole rings is 1. The summed E-state index contributed by atoms with van der Waals surface area (Å²) in [6, 6.07) is 13.2. The summed E-state index contributed by atoms with van der Waals surface area (Å²) >= 11 is 0. The maximum atomic E-state index is 12.8. The number of benzene rings is 2. The van der Waals surface area contributed by atoms with Crippen LogP contribution in [0.3, 0.4) is 0 Å². The number of hydrogen-bond donors (Lipinski definition) is 2. The van der Waals surface area contributed by atoms with Crippen LogP contribution >= 0.6 is 0 Å². The summed E-state index contributed by atoms with van der Waals surface area (Å²) in [5, 5.41) is 5.86. The third-order valence-electron chi connectivity index (χ3n) is 5.83. The molecule has 8 nitrogen and oxygen atoms in total. The second kappa shape index (κ2) is 8.46. The lowest BCUT2D eigenvalue weighted by atomic mass is 10.1. The Morgan fingerprint density at radius 2 is 1.85 bits per heavy atom. The average molecular weight is 441 g/mol. The number of hydrogen-bond acceptors (Lipinski definition) is 6. The summed E-state index contributed by atoms with van der Waals surface area (Å²) in [5.74, 6) is -0.115.